The second-order valence-corrected chi connectivity index (χ2v) is 6.46. The number of rotatable bonds is 3. The van der Waals surface area contributed by atoms with Gasteiger partial charge < -0.3 is 4.74 Å². The van der Waals surface area contributed by atoms with Gasteiger partial charge in [-0.25, -0.2) is 0 Å². The molecule has 0 saturated carbocycles. The fourth-order valence-electron chi connectivity index (χ4n) is 2.16. The van der Waals surface area contributed by atoms with Crippen molar-refractivity contribution in [3.05, 3.63) is 33.8 Å². The van der Waals surface area contributed by atoms with Crippen LogP contribution in [-0.4, -0.2) is 12.3 Å². The molecule has 1 N–H and O–H groups in total. The van der Waals surface area contributed by atoms with E-state index in [4.69, 9.17) is 4.74 Å². The van der Waals surface area contributed by atoms with Crippen LogP contribution in [0.2, 0.25) is 0 Å². The summed E-state index contributed by atoms with van der Waals surface area (Å²) in [6, 6.07) is 6.99. The molecule has 0 heterocycles. The van der Waals surface area contributed by atoms with Crippen LogP contribution in [0.1, 0.15) is 44.4 Å². The summed E-state index contributed by atoms with van der Waals surface area (Å²) < 4.78 is 6.88. The van der Waals surface area contributed by atoms with Crippen molar-refractivity contribution in [3.63, 3.8) is 0 Å². The maximum absolute atomic E-state index is 5.71. The Morgan fingerprint density at radius 2 is 2.18 bits per heavy atom. The molecule has 17 heavy (non-hydrogen) atoms. The topological polar surface area (TPSA) is 21.3 Å². The largest absolute Gasteiger partial charge is 0.361 e. The van der Waals surface area contributed by atoms with Gasteiger partial charge in [0, 0.05) is 10.5 Å². The minimum atomic E-state index is -0.0752. The van der Waals surface area contributed by atoms with E-state index in [1.54, 1.807) is 0 Å². The van der Waals surface area contributed by atoms with Crippen molar-refractivity contribution in [2.75, 3.05) is 6.73 Å². The Bertz CT molecular complexity index is 398. The van der Waals surface area contributed by atoms with E-state index in [-0.39, 0.29) is 5.60 Å². The van der Waals surface area contributed by atoms with Gasteiger partial charge in [0.25, 0.3) is 0 Å². The second-order valence-electron chi connectivity index (χ2n) is 5.54. The molecule has 0 amide bonds. The molecule has 1 aliphatic carbocycles. The molecule has 0 spiro atoms. The highest BCUT2D eigenvalue weighted by atomic mass is 79.9. The van der Waals surface area contributed by atoms with E-state index in [1.807, 2.05) is 0 Å². The van der Waals surface area contributed by atoms with E-state index in [2.05, 4.69) is 60.2 Å². The maximum atomic E-state index is 5.71. The van der Waals surface area contributed by atoms with Gasteiger partial charge >= 0.3 is 0 Å². The summed E-state index contributed by atoms with van der Waals surface area (Å²) in [6.45, 7) is 6.85. The van der Waals surface area contributed by atoms with Crippen LogP contribution in [0, 0.1) is 0 Å². The highest BCUT2D eigenvalue weighted by Gasteiger charge is 2.22. The van der Waals surface area contributed by atoms with Crippen molar-refractivity contribution in [2.45, 2.75) is 45.3 Å². The van der Waals surface area contributed by atoms with E-state index in [0.29, 0.717) is 12.8 Å². The predicted octanol–water partition coefficient (Wildman–Crippen LogP) is 3.80. The predicted molar refractivity (Wildman–Crippen MR) is 74.0 cm³/mol. The van der Waals surface area contributed by atoms with Crippen molar-refractivity contribution in [1.82, 2.24) is 5.32 Å². The molecule has 2 rings (SSSR count). The minimum absolute atomic E-state index is 0.0752. The highest BCUT2D eigenvalue weighted by Crippen LogP contribution is 2.32. The summed E-state index contributed by atoms with van der Waals surface area (Å²) in [5.74, 6) is 0. The summed E-state index contributed by atoms with van der Waals surface area (Å²) in [7, 11) is 0. The van der Waals surface area contributed by atoms with Crippen LogP contribution < -0.4 is 5.32 Å². The van der Waals surface area contributed by atoms with Crippen molar-refractivity contribution in [3.8, 4) is 0 Å². The van der Waals surface area contributed by atoms with Gasteiger partial charge in [0.1, 0.15) is 0 Å². The summed E-state index contributed by atoms with van der Waals surface area (Å²) in [6.07, 6.45) is 2.32. The number of hydrogen-bond donors (Lipinski definition) is 1. The van der Waals surface area contributed by atoms with Crippen molar-refractivity contribution < 1.29 is 4.74 Å². The van der Waals surface area contributed by atoms with Crippen LogP contribution in [0.25, 0.3) is 0 Å². The Morgan fingerprint density at radius 1 is 1.41 bits per heavy atom. The zero-order chi connectivity index (χ0) is 12.5. The first kappa shape index (κ1) is 13.1. The Labute approximate surface area is 112 Å². The van der Waals surface area contributed by atoms with E-state index in [9.17, 15) is 0 Å². The van der Waals surface area contributed by atoms with Gasteiger partial charge in [-0.1, -0.05) is 22.0 Å². The Hall–Kier alpha value is -0.380. The maximum Gasteiger partial charge on any atom is 0.0977 e. The third-order valence-electron chi connectivity index (χ3n) is 3.02. The number of fused-ring (bicyclic) bond motifs is 1. The van der Waals surface area contributed by atoms with Crippen LogP contribution in [0.3, 0.4) is 0 Å². The van der Waals surface area contributed by atoms with Crippen LogP contribution in [-0.2, 0) is 11.2 Å². The van der Waals surface area contributed by atoms with E-state index in [0.717, 1.165) is 6.42 Å². The molecule has 1 aliphatic rings. The molecular weight excluding hydrogens is 278 g/mol. The van der Waals surface area contributed by atoms with Gasteiger partial charge in [0.2, 0.25) is 0 Å². The molecule has 1 unspecified atom stereocenters. The quantitative estimate of drug-likeness (QED) is 0.857. The van der Waals surface area contributed by atoms with Crippen LogP contribution in [0.5, 0.6) is 0 Å². The molecule has 1 aromatic carbocycles. The molecular formula is C14H20BrNO. The molecule has 94 valence electrons. The number of aryl methyl sites for hydroxylation is 1. The molecule has 0 aliphatic heterocycles. The molecule has 0 bridgehead atoms. The molecule has 1 atom stereocenters. The van der Waals surface area contributed by atoms with E-state index in [1.165, 1.54) is 22.0 Å². The number of nitrogens with one attached hydrogen (secondary N) is 1. The average molecular weight is 298 g/mol. The first-order valence-electron chi connectivity index (χ1n) is 6.11. The van der Waals surface area contributed by atoms with E-state index >= 15 is 0 Å². The normalized spacial score (nSPS) is 19.4. The monoisotopic (exact) mass is 297 g/mol. The number of benzene rings is 1. The Kier molecular flexibility index (Phi) is 3.91. The number of ether oxygens (including phenoxy) is 1. The molecule has 0 radical (unpaired) electrons. The van der Waals surface area contributed by atoms with Crippen LogP contribution >= 0.6 is 15.9 Å². The standard InChI is InChI=1S/C14H20BrNO/c1-14(2,3)17-9-16-13-7-4-10-8-11(15)5-6-12(10)13/h5-6,8,13,16H,4,7,9H2,1-3H3. The lowest BCUT2D eigenvalue weighted by Crippen LogP contribution is -2.29. The summed E-state index contributed by atoms with van der Waals surface area (Å²) in [4.78, 5) is 0. The lowest BCUT2D eigenvalue weighted by Gasteiger charge is -2.22. The fourth-order valence-corrected chi connectivity index (χ4v) is 2.57. The second kappa shape index (κ2) is 5.09. The minimum Gasteiger partial charge on any atom is -0.361 e. The summed E-state index contributed by atoms with van der Waals surface area (Å²) in [5.41, 5.74) is 2.80. The van der Waals surface area contributed by atoms with Gasteiger partial charge in [-0.2, -0.15) is 0 Å². The summed E-state index contributed by atoms with van der Waals surface area (Å²) in [5, 5.41) is 3.48. The first-order valence-corrected chi connectivity index (χ1v) is 6.91. The molecule has 0 aromatic heterocycles. The van der Waals surface area contributed by atoms with Gasteiger partial charge in [-0.3, -0.25) is 5.32 Å². The third kappa shape index (κ3) is 3.54. The average Bonchev–Trinajstić information content (AvgIpc) is 2.59. The molecule has 3 heteroatoms. The van der Waals surface area contributed by atoms with Crippen LogP contribution in [0.15, 0.2) is 22.7 Å². The summed E-state index contributed by atoms with van der Waals surface area (Å²) >= 11 is 3.52. The fraction of sp³-hybridized carbons (Fsp3) is 0.571. The highest BCUT2D eigenvalue weighted by molar-refractivity contribution is 9.10. The van der Waals surface area contributed by atoms with Crippen molar-refractivity contribution >= 4 is 15.9 Å². The van der Waals surface area contributed by atoms with Gasteiger partial charge in [-0.05, 0) is 56.9 Å². The zero-order valence-electron chi connectivity index (χ0n) is 10.7. The first-order chi connectivity index (χ1) is 7.96. The number of halogens is 1. The lowest BCUT2D eigenvalue weighted by atomic mass is 10.1. The van der Waals surface area contributed by atoms with Gasteiger partial charge in [0.05, 0.1) is 12.3 Å². The van der Waals surface area contributed by atoms with Crippen LogP contribution in [0.4, 0.5) is 0 Å². The number of hydrogen-bond acceptors (Lipinski definition) is 2. The molecule has 0 saturated heterocycles. The van der Waals surface area contributed by atoms with Crippen molar-refractivity contribution in [2.24, 2.45) is 0 Å². The Balaban J connectivity index is 1.94. The SMILES string of the molecule is CC(C)(C)OCNC1CCc2cc(Br)ccc21. The van der Waals surface area contributed by atoms with Gasteiger partial charge in [-0.15, -0.1) is 0 Å². The van der Waals surface area contributed by atoms with E-state index < -0.39 is 0 Å². The molecule has 2 nitrogen and oxygen atoms in total. The smallest absolute Gasteiger partial charge is 0.0977 e. The molecule has 1 aromatic rings. The zero-order valence-corrected chi connectivity index (χ0v) is 12.3. The van der Waals surface area contributed by atoms with Crippen molar-refractivity contribution in [1.29, 1.82) is 0 Å². The lowest BCUT2D eigenvalue weighted by molar-refractivity contribution is -0.0172. The van der Waals surface area contributed by atoms with Gasteiger partial charge in [0.15, 0.2) is 0 Å². The Morgan fingerprint density at radius 3 is 2.88 bits per heavy atom. The molecule has 0 fully saturated rings. The third-order valence-corrected chi connectivity index (χ3v) is 3.51.